The van der Waals surface area contributed by atoms with Crippen molar-refractivity contribution in [1.82, 2.24) is 10.6 Å². The second-order valence-corrected chi connectivity index (χ2v) is 4.03. The summed E-state index contributed by atoms with van der Waals surface area (Å²) < 4.78 is 24.0. The van der Waals surface area contributed by atoms with Crippen LogP contribution in [0.1, 0.15) is 33.1 Å². The molecule has 0 saturated carbocycles. The Bertz CT molecular complexity index is 216. The topological polar surface area (TPSA) is 61.4 Å². The molecule has 1 amide bonds. The highest BCUT2D eigenvalue weighted by Gasteiger charge is 2.19. The number of rotatable bonds is 9. The minimum absolute atomic E-state index is 0.234. The molecule has 3 N–H and O–H groups in total. The van der Waals surface area contributed by atoms with E-state index in [1.807, 2.05) is 0 Å². The van der Waals surface area contributed by atoms with Crippen molar-refractivity contribution >= 4 is 5.91 Å². The monoisotopic (exact) mass is 252 g/mol. The van der Waals surface area contributed by atoms with Gasteiger partial charge in [-0.1, -0.05) is 19.8 Å². The van der Waals surface area contributed by atoms with Crippen molar-refractivity contribution in [3.05, 3.63) is 0 Å². The van der Waals surface area contributed by atoms with E-state index in [1.54, 1.807) is 6.92 Å². The fourth-order valence-corrected chi connectivity index (χ4v) is 1.22. The predicted octanol–water partition coefficient (Wildman–Crippen LogP) is 0.897. The van der Waals surface area contributed by atoms with Crippen molar-refractivity contribution in [3.63, 3.8) is 0 Å². The van der Waals surface area contributed by atoms with Gasteiger partial charge in [0.1, 0.15) is 6.10 Å². The summed E-state index contributed by atoms with van der Waals surface area (Å²) in [7, 11) is 0. The molecule has 4 nitrogen and oxygen atoms in total. The molecule has 0 aromatic carbocycles. The summed E-state index contributed by atoms with van der Waals surface area (Å²) >= 11 is 0. The van der Waals surface area contributed by atoms with Gasteiger partial charge < -0.3 is 15.7 Å². The number of amides is 1. The van der Waals surface area contributed by atoms with Gasteiger partial charge in [0.05, 0.1) is 6.04 Å². The highest BCUT2D eigenvalue weighted by molar-refractivity contribution is 5.81. The van der Waals surface area contributed by atoms with Crippen LogP contribution in [-0.4, -0.2) is 42.7 Å². The normalized spacial score (nSPS) is 14.7. The summed E-state index contributed by atoms with van der Waals surface area (Å²) in [5.41, 5.74) is 0. The van der Waals surface area contributed by atoms with Crippen molar-refractivity contribution in [2.75, 3.05) is 13.1 Å². The molecule has 0 spiro atoms. The average Bonchev–Trinajstić information content (AvgIpc) is 2.30. The number of hydrogen-bond acceptors (Lipinski definition) is 3. The summed E-state index contributed by atoms with van der Waals surface area (Å²) in [4.78, 5) is 11.4. The lowest BCUT2D eigenvalue weighted by Crippen LogP contribution is -2.46. The molecular formula is C11H22F2N2O2. The fraction of sp³-hybridized carbons (Fsp3) is 0.909. The molecule has 0 aliphatic heterocycles. The summed E-state index contributed by atoms with van der Waals surface area (Å²) in [6, 6.07) is -0.579. The van der Waals surface area contributed by atoms with Gasteiger partial charge in [0, 0.05) is 13.1 Å². The smallest absolute Gasteiger partial charge is 0.265 e. The zero-order chi connectivity index (χ0) is 13.3. The van der Waals surface area contributed by atoms with Gasteiger partial charge in [-0.05, 0) is 13.3 Å². The Balaban J connectivity index is 3.67. The van der Waals surface area contributed by atoms with Crippen molar-refractivity contribution in [2.24, 2.45) is 0 Å². The lowest BCUT2D eigenvalue weighted by atomic mass is 10.2. The van der Waals surface area contributed by atoms with Crippen LogP contribution in [0.2, 0.25) is 0 Å². The Kier molecular flexibility index (Phi) is 8.89. The molecule has 0 radical (unpaired) electrons. The third-order valence-electron chi connectivity index (χ3n) is 2.40. The number of alkyl halides is 2. The minimum Gasteiger partial charge on any atom is -0.386 e. The Hall–Kier alpha value is -0.750. The second kappa shape index (κ2) is 9.30. The molecule has 0 aromatic heterocycles. The summed E-state index contributed by atoms with van der Waals surface area (Å²) in [5, 5.41) is 14.1. The Morgan fingerprint density at radius 3 is 2.53 bits per heavy atom. The van der Waals surface area contributed by atoms with Crippen molar-refractivity contribution in [2.45, 2.75) is 51.7 Å². The van der Waals surface area contributed by atoms with E-state index in [4.69, 9.17) is 5.11 Å². The van der Waals surface area contributed by atoms with Crippen LogP contribution in [0.4, 0.5) is 8.78 Å². The van der Waals surface area contributed by atoms with E-state index in [1.165, 1.54) is 0 Å². The van der Waals surface area contributed by atoms with E-state index < -0.39 is 18.6 Å². The van der Waals surface area contributed by atoms with Crippen molar-refractivity contribution in [1.29, 1.82) is 0 Å². The first kappa shape index (κ1) is 16.2. The predicted molar refractivity (Wildman–Crippen MR) is 62.0 cm³/mol. The molecule has 0 aliphatic rings. The average molecular weight is 252 g/mol. The molecule has 6 heteroatoms. The lowest BCUT2D eigenvalue weighted by molar-refractivity contribution is -0.123. The van der Waals surface area contributed by atoms with Gasteiger partial charge in [-0.25, -0.2) is 8.78 Å². The zero-order valence-electron chi connectivity index (χ0n) is 10.4. The summed E-state index contributed by atoms with van der Waals surface area (Å²) in [6.45, 7) is 3.95. The molecule has 2 unspecified atom stereocenters. The number of carbonyl (C=O) groups is 1. The number of aliphatic hydroxyl groups is 1. The van der Waals surface area contributed by atoms with Gasteiger partial charge in [0.15, 0.2) is 0 Å². The van der Waals surface area contributed by atoms with Crippen LogP contribution < -0.4 is 10.6 Å². The Morgan fingerprint density at radius 1 is 1.35 bits per heavy atom. The van der Waals surface area contributed by atoms with Gasteiger partial charge >= 0.3 is 0 Å². The maximum absolute atomic E-state index is 12.0. The van der Waals surface area contributed by atoms with Crippen LogP contribution in [0.25, 0.3) is 0 Å². The SMILES string of the molecule is CCCCCNC(=O)C(C)NCC(O)C(F)F. The first-order valence-corrected chi connectivity index (χ1v) is 5.96. The van der Waals surface area contributed by atoms with Crippen molar-refractivity contribution < 1.29 is 18.7 Å². The zero-order valence-corrected chi connectivity index (χ0v) is 10.4. The van der Waals surface area contributed by atoms with E-state index in [-0.39, 0.29) is 12.5 Å². The van der Waals surface area contributed by atoms with Gasteiger partial charge in [-0.15, -0.1) is 0 Å². The maximum Gasteiger partial charge on any atom is 0.265 e. The number of unbranched alkanes of at least 4 members (excludes halogenated alkanes) is 2. The van der Waals surface area contributed by atoms with E-state index in [0.717, 1.165) is 19.3 Å². The van der Waals surface area contributed by atoms with Gasteiger partial charge in [0.2, 0.25) is 5.91 Å². The highest BCUT2D eigenvalue weighted by Crippen LogP contribution is 1.99. The molecule has 2 atom stereocenters. The van der Waals surface area contributed by atoms with E-state index in [0.29, 0.717) is 6.54 Å². The Morgan fingerprint density at radius 2 is 2.00 bits per heavy atom. The molecule has 0 aliphatic carbocycles. The van der Waals surface area contributed by atoms with Crippen LogP contribution in [0.5, 0.6) is 0 Å². The van der Waals surface area contributed by atoms with Crippen LogP contribution in [-0.2, 0) is 4.79 Å². The molecule has 0 bridgehead atoms. The third kappa shape index (κ3) is 8.04. The quantitative estimate of drug-likeness (QED) is 0.534. The van der Waals surface area contributed by atoms with Crippen LogP contribution in [0.3, 0.4) is 0 Å². The van der Waals surface area contributed by atoms with Gasteiger partial charge in [-0.2, -0.15) is 0 Å². The van der Waals surface area contributed by atoms with Crippen LogP contribution >= 0.6 is 0 Å². The standard InChI is InChI=1S/C11H22F2N2O2/c1-3-4-5-6-14-11(17)8(2)15-7-9(16)10(12)13/h8-10,15-16H,3-7H2,1-2H3,(H,14,17). The molecule has 17 heavy (non-hydrogen) atoms. The number of hydrogen-bond donors (Lipinski definition) is 3. The molecule has 0 rings (SSSR count). The molecule has 102 valence electrons. The van der Waals surface area contributed by atoms with E-state index in [2.05, 4.69) is 17.6 Å². The van der Waals surface area contributed by atoms with Crippen LogP contribution in [0.15, 0.2) is 0 Å². The van der Waals surface area contributed by atoms with Gasteiger partial charge in [0.25, 0.3) is 6.43 Å². The van der Waals surface area contributed by atoms with E-state index >= 15 is 0 Å². The molecule has 0 heterocycles. The van der Waals surface area contributed by atoms with E-state index in [9.17, 15) is 13.6 Å². The minimum atomic E-state index is -2.79. The molecule has 0 aromatic rings. The number of aliphatic hydroxyl groups excluding tert-OH is 1. The molecule has 0 fully saturated rings. The summed E-state index contributed by atoms with van der Waals surface area (Å²) in [5.74, 6) is -0.234. The van der Waals surface area contributed by atoms with Crippen LogP contribution in [0, 0.1) is 0 Å². The first-order valence-electron chi connectivity index (χ1n) is 5.96. The largest absolute Gasteiger partial charge is 0.386 e. The van der Waals surface area contributed by atoms with Gasteiger partial charge in [-0.3, -0.25) is 4.79 Å². The molecule has 0 saturated heterocycles. The first-order chi connectivity index (χ1) is 7.99. The fourth-order valence-electron chi connectivity index (χ4n) is 1.22. The highest BCUT2D eigenvalue weighted by atomic mass is 19.3. The summed E-state index contributed by atoms with van der Waals surface area (Å²) in [6.07, 6.45) is -1.49. The number of nitrogens with one attached hydrogen (secondary N) is 2. The number of carbonyl (C=O) groups excluding carboxylic acids is 1. The third-order valence-corrected chi connectivity index (χ3v) is 2.40. The Labute approximate surface area is 101 Å². The van der Waals surface area contributed by atoms with Crippen molar-refractivity contribution in [3.8, 4) is 0 Å². The number of halogens is 2. The maximum atomic E-state index is 12.0. The second-order valence-electron chi connectivity index (χ2n) is 4.03. The lowest BCUT2D eigenvalue weighted by Gasteiger charge is -2.16. The molecular weight excluding hydrogens is 230 g/mol.